The Hall–Kier alpha value is -0.890. The third kappa shape index (κ3) is 1.89. The third-order valence-electron chi connectivity index (χ3n) is 2.65. The van der Waals surface area contributed by atoms with Crippen LogP contribution < -0.4 is 5.32 Å². The van der Waals surface area contributed by atoms with Crippen molar-refractivity contribution in [3.8, 4) is 0 Å². The summed E-state index contributed by atoms with van der Waals surface area (Å²) in [7, 11) is 0. The maximum Gasteiger partial charge on any atom is 0.123 e. The Kier molecular flexibility index (Phi) is 2.32. The van der Waals surface area contributed by atoms with Crippen molar-refractivity contribution in [1.82, 2.24) is 5.32 Å². The highest BCUT2D eigenvalue weighted by Crippen LogP contribution is 2.25. The number of nitrogens with one attached hydrogen (secondary N) is 1. The molecule has 1 heterocycles. The topological polar surface area (TPSA) is 12.0 Å². The highest BCUT2D eigenvalue weighted by molar-refractivity contribution is 5.20. The average Bonchev–Trinajstić information content (AvgIpc) is 2.53. The maximum atomic E-state index is 12.6. The van der Waals surface area contributed by atoms with Crippen LogP contribution in [0.1, 0.15) is 31.4 Å². The van der Waals surface area contributed by atoms with Crippen LogP contribution in [-0.4, -0.2) is 6.04 Å². The molecule has 0 bridgehead atoms. The summed E-state index contributed by atoms with van der Waals surface area (Å²) in [6, 6.07) is 7.81. The van der Waals surface area contributed by atoms with Gasteiger partial charge in [0.05, 0.1) is 0 Å². The Bertz CT molecular complexity index is 281. The molecule has 1 aromatic rings. The average molecular weight is 179 g/mol. The van der Waals surface area contributed by atoms with Gasteiger partial charge in [0, 0.05) is 12.1 Å². The van der Waals surface area contributed by atoms with Crippen molar-refractivity contribution < 1.29 is 4.39 Å². The van der Waals surface area contributed by atoms with Crippen LogP contribution in [-0.2, 0) is 0 Å². The van der Waals surface area contributed by atoms with E-state index in [2.05, 4.69) is 12.2 Å². The zero-order valence-corrected chi connectivity index (χ0v) is 7.76. The Balaban J connectivity index is 2.13. The summed E-state index contributed by atoms with van der Waals surface area (Å²) < 4.78 is 12.6. The lowest BCUT2D eigenvalue weighted by Crippen LogP contribution is -2.20. The van der Waals surface area contributed by atoms with Gasteiger partial charge in [-0.05, 0) is 37.5 Å². The summed E-state index contributed by atoms with van der Waals surface area (Å²) in [4.78, 5) is 0. The summed E-state index contributed by atoms with van der Waals surface area (Å²) in [5.74, 6) is -0.158. The van der Waals surface area contributed by atoms with E-state index in [4.69, 9.17) is 0 Å². The molecule has 1 aliphatic heterocycles. The Labute approximate surface area is 78.0 Å². The monoisotopic (exact) mass is 179 g/mol. The zero-order valence-electron chi connectivity index (χ0n) is 7.76. The maximum absolute atomic E-state index is 12.6. The van der Waals surface area contributed by atoms with Crippen LogP contribution in [0, 0.1) is 5.82 Å². The van der Waals surface area contributed by atoms with E-state index in [1.165, 1.54) is 24.1 Å². The molecular weight excluding hydrogens is 165 g/mol. The molecule has 2 rings (SSSR count). The fourth-order valence-corrected chi connectivity index (χ4v) is 1.88. The van der Waals surface area contributed by atoms with Crippen LogP contribution >= 0.6 is 0 Å². The Morgan fingerprint density at radius 1 is 1.23 bits per heavy atom. The van der Waals surface area contributed by atoms with Gasteiger partial charge in [-0.25, -0.2) is 4.39 Å². The van der Waals surface area contributed by atoms with Crippen molar-refractivity contribution >= 4 is 0 Å². The minimum atomic E-state index is -0.158. The van der Waals surface area contributed by atoms with E-state index in [9.17, 15) is 4.39 Å². The molecule has 0 spiro atoms. The predicted molar refractivity (Wildman–Crippen MR) is 51.0 cm³/mol. The zero-order chi connectivity index (χ0) is 9.26. The SMILES string of the molecule is C[C@H]1CC[C@@H](c2ccc(F)cc2)N1. The van der Waals surface area contributed by atoms with Gasteiger partial charge in [-0.2, -0.15) is 0 Å². The number of hydrogen-bond donors (Lipinski definition) is 1. The van der Waals surface area contributed by atoms with Gasteiger partial charge >= 0.3 is 0 Å². The molecule has 0 aromatic heterocycles. The van der Waals surface area contributed by atoms with Gasteiger partial charge in [-0.15, -0.1) is 0 Å². The molecule has 1 aliphatic rings. The molecule has 0 amide bonds. The molecule has 70 valence electrons. The minimum absolute atomic E-state index is 0.158. The number of rotatable bonds is 1. The molecule has 1 fully saturated rings. The van der Waals surface area contributed by atoms with E-state index in [-0.39, 0.29) is 5.82 Å². The van der Waals surface area contributed by atoms with Gasteiger partial charge in [0.2, 0.25) is 0 Å². The molecular formula is C11H14FN. The van der Waals surface area contributed by atoms with Gasteiger partial charge in [0.15, 0.2) is 0 Å². The molecule has 2 heteroatoms. The summed E-state index contributed by atoms with van der Waals surface area (Å²) in [6.07, 6.45) is 2.37. The van der Waals surface area contributed by atoms with E-state index in [1.807, 2.05) is 12.1 Å². The smallest absolute Gasteiger partial charge is 0.123 e. The van der Waals surface area contributed by atoms with Crippen molar-refractivity contribution in [2.75, 3.05) is 0 Å². The number of halogens is 1. The Morgan fingerprint density at radius 3 is 2.46 bits per heavy atom. The highest BCUT2D eigenvalue weighted by atomic mass is 19.1. The molecule has 0 radical (unpaired) electrons. The summed E-state index contributed by atoms with van der Waals surface area (Å²) >= 11 is 0. The van der Waals surface area contributed by atoms with Crippen molar-refractivity contribution in [3.05, 3.63) is 35.6 Å². The van der Waals surface area contributed by atoms with Crippen LogP contribution in [0.25, 0.3) is 0 Å². The lowest BCUT2D eigenvalue weighted by atomic mass is 10.1. The third-order valence-corrected chi connectivity index (χ3v) is 2.65. The number of benzene rings is 1. The van der Waals surface area contributed by atoms with E-state index >= 15 is 0 Å². The van der Waals surface area contributed by atoms with Gasteiger partial charge in [0.25, 0.3) is 0 Å². The van der Waals surface area contributed by atoms with Crippen LogP contribution in [0.2, 0.25) is 0 Å². The molecule has 0 saturated carbocycles. The largest absolute Gasteiger partial charge is 0.307 e. The van der Waals surface area contributed by atoms with Gasteiger partial charge in [0.1, 0.15) is 5.82 Å². The molecule has 1 nitrogen and oxygen atoms in total. The fraction of sp³-hybridized carbons (Fsp3) is 0.455. The predicted octanol–water partition coefficient (Wildman–Crippen LogP) is 2.64. The second kappa shape index (κ2) is 3.46. The first-order valence-electron chi connectivity index (χ1n) is 4.77. The standard InChI is InChI=1S/C11H14FN/c1-8-2-7-11(13-8)9-3-5-10(12)6-4-9/h3-6,8,11,13H,2,7H2,1H3/t8-,11-/m0/s1. The molecule has 0 aliphatic carbocycles. The number of hydrogen-bond acceptors (Lipinski definition) is 1. The normalized spacial score (nSPS) is 27.8. The quantitative estimate of drug-likeness (QED) is 0.698. The van der Waals surface area contributed by atoms with E-state index in [0.29, 0.717) is 12.1 Å². The fourth-order valence-electron chi connectivity index (χ4n) is 1.88. The second-order valence-corrected chi connectivity index (χ2v) is 3.75. The van der Waals surface area contributed by atoms with Gasteiger partial charge in [-0.3, -0.25) is 0 Å². The second-order valence-electron chi connectivity index (χ2n) is 3.75. The molecule has 1 saturated heterocycles. The van der Waals surface area contributed by atoms with E-state index in [1.54, 1.807) is 0 Å². The van der Waals surface area contributed by atoms with Crippen molar-refractivity contribution in [3.63, 3.8) is 0 Å². The van der Waals surface area contributed by atoms with Crippen LogP contribution in [0.15, 0.2) is 24.3 Å². The Morgan fingerprint density at radius 2 is 1.92 bits per heavy atom. The van der Waals surface area contributed by atoms with E-state index < -0.39 is 0 Å². The molecule has 0 unspecified atom stereocenters. The lowest BCUT2D eigenvalue weighted by Gasteiger charge is -2.11. The van der Waals surface area contributed by atoms with Gasteiger partial charge in [-0.1, -0.05) is 12.1 Å². The summed E-state index contributed by atoms with van der Waals surface area (Å²) in [6.45, 7) is 2.18. The summed E-state index contributed by atoms with van der Waals surface area (Å²) in [5, 5.41) is 3.47. The van der Waals surface area contributed by atoms with Gasteiger partial charge < -0.3 is 5.32 Å². The van der Waals surface area contributed by atoms with Crippen molar-refractivity contribution in [2.24, 2.45) is 0 Å². The summed E-state index contributed by atoms with van der Waals surface area (Å²) in [5.41, 5.74) is 1.20. The molecule has 13 heavy (non-hydrogen) atoms. The van der Waals surface area contributed by atoms with Crippen LogP contribution in [0.3, 0.4) is 0 Å². The lowest BCUT2D eigenvalue weighted by molar-refractivity contribution is 0.581. The van der Waals surface area contributed by atoms with Crippen LogP contribution in [0.4, 0.5) is 4.39 Å². The first-order chi connectivity index (χ1) is 6.25. The first-order valence-corrected chi connectivity index (χ1v) is 4.77. The van der Waals surface area contributed by atoms with Crippen molar-refractivity contribution in [1.29, 1.82) is 0 Å². The minimum Gasteiger partial charge on any atom is -0.307 e. The highest BCUT2D eigenvalue weighted by Gasteiger charge is 2.21. The van der Waals surface area contributed by atoms with Crippen molar-refractivity contribution in [2.45, 2.75) is 31.8 Å². The van der Waals surface area contributed by atoms with Crippen LogP contribution in [0.5, 0.6) is 0 Å². The molecule has 1 aromatic carbocycles. The first kappa shape index (κ1) is 8.70. The molecule has 2 atom stereocenters. The molecule has 1 N–H and O–H groups in total. The van der Waals surface area contributed by atoms with E-state index in [0.717, 1.165) is 6.42 Å².